The van der Waals surface area contributed by atoms with Crippen LogP contribution < -0.4 is 4.90 Å². The zero-order valence-electron chi connectivity index (χ0n) is 22.9. The number of hydrogen-bond acceptors (Lipinski definition) is 5. The number of aromatic nitrogens is 1. The van der Waals surface area contributed by atoms with Crippen LogP contribution in [0.2, 0.25) is 0 Å². The highest BCUT2D eigenvalue weighted by atomic mass is 16.5. The van der Waals surface area contributed by atoms with Crippen molar-refractivity contribution in [2.24, 2.45) is 17.3 Å². The highest BCUT2D eigenvalue weighted by Crippen LogP contribution is 2.33. The summed E-state index contributed by atoms with van der Waals surface area (Å²) < 4.78 is 4.97. The number of carbonyl (C=O) groups is 1. The molecule has 2 atom stereocenters. The number of esters is 1. The highest BCUT2D eigenvalue weighted by molar-refractivity contribution is 5.89. The third kappa shape index (κ3) is 12.1. The van der Waals surface area contributed by atoms with Gasteiger partial charge in [-0.15, -0.1) is 0 Å². The lowest BCUT2D eigenvalue weighted by Gasteiger charge is -2.21. The van der Waals surface area contributed by atoms with Crippen LogP contribution in [0.15, 0.2) is 31.1 Å². The van der Waals surface area contributed by atoms with E-state index in [-0.39, 0.29) is 5.97 Å². The largest absolute Gasteiger partial charge is 0.462 e. The third-order valence-electron chi connectivity index (χ3n) is 4.36. The van der Waals surface area contributed by atoms with Crippen molar-refractivity contribution in [1.29, 1.82) is 0 Å². The number of rotatable bonds is 4. The minimum atomic E-state index is -0.309. The van der Waals surface area contributed by atoms with E-state index in [1.54, 1.807) is 19.2 Å². The number of pyridine rings is 1. The van der Waals surface area contributed by atoms with Gasteiger partial charge in [0.15, 0.2) is 0 Å². The Kier molecular flexibility index (Phi) is 17.6. The molecule has 0 spiro atoms. The molecule has 186 valence electrons. The van der Waals surface area contributed by atoms with Crippen molar-refractivity contribution in [1.82, 2.24) is 9.88 Å². The van der Waals surface area contributed by atoms with Crippen LogP contribution in [-0.4, -0.2) is 48.6 Å². The fourth-order valence-electron chi connectivity index (χ4n) is 3.27. The van der Waals surface area contributed by atoms with Crippen molar-refractivity contribution in [2.75, 3.05) is 37.7 Å². The highest BCUT2D eigenvalue weighted by Gasteiger charge is 2.39. The Morgan fingerprint density at radius 2 is 1.50 bits per heavy atom. The molecule has 2 aliphatic rings. The van der Waals surface area contributed by atoms with Gasteiger partial charge in [-0.2, -0.15) is 0 Å². The second-order valence-corrected chi connectivity index (χ2v) is 8.69. The fourth-order valence-corrected chi connectivity index (χ4v) is 3.27. The van der Waals surface area contributed by atoms with Crippen LogP contribution in [0.3, 0.4) is 0 Å². The second kappa shape index (κ2) is 17.5. The minimum absolute atomic E-state index is 0.309. The van der Waals surface area contributed by atoms with E-state index in [1.165, 1.54) is 0 Å². The quantitative estimate of drug-likeness (QED) is 0.468. The number of fused-ring (bicyclic) bond motifs is 1. The summed E-state index contributed by atoms with van der Waals surface area (Å²) in [6.45, 7) is 31.0. The SMILES string of the molecule is C=CN1CC2CN(c3ccc(C(=O)OCC)cn3)CC2C1.CC.CC.CC.CC(C)(C)C. The van der Waals surface area contributed by atoms with E-state index >= 15 is 0 Å². The average Bonchev–Trinajstić information content (AvgIpc) is 3.36. The molecular weight excluding hydrogens is 398 g/mol. The van der Waals surface area contributed by atoms with E-state index in [0.29, 0.717) is 29.4 Å². The number of hydrogen-bond donors (Lipinski definition) is 0. The molecule has 2 fully saturated rings. The normalized spacial score (nSPS) is 18.2. The number of nitrogens with zero attached hydrogens (tertiary/aromatic N) is 3. The lowest BCUT2D eigenvalue weighted by molar-refractivity contribution is 0.0526. The molecule has 0 amide bonds. The second-order valence-electron chi connectivity index (χ2n) is 8.69. The molecule has 5 heteroatoms. The van der Waals surface area contributed by atoms with Crippen LogP contribution in [0.1, 0.15) is 86.5 Å². The van der Waals surface area contributed by atoms with Crippen molar-refractivity contribution in [3.63, 3.8) is 0 Å². The summed E-state index contributed by atoms with van der Waals surface area (Å²) in [6.07, 6.45) is 3.55. The Labute approximate surface area is 199 Å². The van der Waals surface area contributed by atoms with Gasteiger partial charge in [-0.25, -0.2) is 9.78 Å². The Bertz CT molecular complexity index is 588. The summed E-state index contributed by atoms with van der Waals surface area (Å²) in [5.74, 6) is 2.02. The monoisotopic (exact) mass is 449 g/mol. The smallest absolute Gasteiger partial charge is 0.339 e. The van der Waals surface area contributed by atoms with Gasteiger partial charge in [0.2, 0.25) is 0 Å². The molecule has 5 nitrogen and oxygen atoms in total. The molecule has 3 heterocycles. The van der Waals surface area contributed by atoms with Crippen LogP contribution in [0, 0.1) is 17.3 Å². The van der Waals surface area contributed by atoms with Gasteiger partial charge >= 0.3 is 5.97 Å². The van der Waals surface area contributed by atoms with Gasteiger partial charge in [0, 0.05) is 44.2 Å². The van der Waals surface area contributed by atoms with Gasteiger partial charge < -0.3 is 14.5 Å². The zero-order chi connectivity index (χ0) is 25.3. The maximum absolute atomic E-state index is 11.6. The molecule has 0 N–H and O–H groups in total. The topological polar surface area (TPSA) is 45.7 Å². The number of likely N-dealkylation sites (tertiary alicyclic amines) is 1. The Hall–Kier alpha value is -2.04. The van der Waals surface area contributed by atoms with E-state index in [1.807, 2.05) is 53.8 Å². The van der Waals surface area contributed by atoms with Crippen molar-refractivity contribution in [3.8, 4) is 0 Å². The molecule has 3 rings (SSSR count). The van der Waals surface area contributed by atoms with E-state index < -0.39 is 0 Å². The first-order chi connectivity index (χ1) is 15.2. The summed E-state index contributed by atoms with van der Waals surface area (Å²) >= 11 is 0. The Morgan fingerprint density at radius 1 is 1.03 bits per heavy atom. The summed E-state index contributed by atoms with van der Waals surface area (Å²) in [6, 6.07) is 3.71. The van der Waals surface area contributed by atoms with Gasteiger partial charge in [0.05, 0.1) is 12.2 Å². The van der Waals surface area contributed by atoms with Gasteiger partial charge in [0.25, 0.3) is 0 Å². The molecule has 0 bridgehead atoms. The van der Waals surface area contributed by atoms with Gasteiger partial charge in [0.1, 0.15) is 5.82 Å². The van der Waals surface area contributed by atoms with Crippen molar-refractivity contribution in [2.45, 2.75) is 76.2 Å². The molecule has 32 heavy (non-hydrogen) atoms. The summed E-state index contributed by atoms with van der Waals surface area (Å²) in [5, 5.41) is 0. The molecule has 1 aromatic rings. The van der Waals surface area contributed by atoms with Crippen LogP contribution in [0.5, 0.6) is 0 Å². The van der Waals surface area contributed by atoms with Gasteiger partial charge in [-0.05, 0) is 30.7 Å². The fraction of sp³-hybridized carbons (Fsp3) is 0.704. The van der Waals surface area contributed by atoms with E-state index in [4.69, 9.17) is 4.74 Å². The first-order valence-electron chi connectivity index (χ1n) is 12.5. The molecule has 0 saturated carbocycles. The molecule has 2 aliphatic heterocycles. The first-order valence-corrected chi connectivity index (χ1v) is 12.5. The van der Waals surface area contributed by atoms with Crippen LogP contribution >= 0.6 is 0 Å². The maximum atomic E-state index is 11.6. The Morgan fingerprint density at radius 3 is 1.84 bits per heavy atom. The zero-order valence-corrected chi connectivity index (χ0v) is 22.9. The van der Waals surface area contributed by atoms with E-state index in [0.717, 1.165) is 32.0 Å². The van der Waals surface area contributed by atoms with Crippen LogP contribution in [0.4, 0.5) is 5.82 Å². The third-order valence-corrected chi connectivity index (χ3v) is 4.36. The molecule has 0 aromatic carbocycles. The van der Waals surface area contributed by atoms with Gasteiger partial charge in [-0.1, -0.05) is 75.8 Å². The lowest BCUT2D eigenvalue weighted by Crippen LogP contribution is -2.26. The van der Waals surface area contributed by atoms with Crippen LogP contribution in [-0.2, 0) is 4.74 Å². The van der Waals surface area contributed by atoms with E-state index in [9.17, 15) is 4.79 Å². The molecule has 2 saturated heterocycles. The molecule has 0 aliphatic carbocycles. The number of anilines is 1. The van der Waals surface area contributed by atoms with Crippen molar-refractivity contribution < 1.29 is 9.53 Å². The number of carbonyl (C=O) groups excluding carboxylic acids is 1. The molecule has 2 unspecified atom stereocenters. The first kappa shape index (κ1) is 32.1. The summed E-state index contributed by atoms with van der Waals surface area (Å²) in [5.41, 5.74) is 1.01. The number of ether oxygens (including phenoxy) is 1. The average molecular weight is 450 g/mol. The van der Waals surface area contributed by atoms with E-state index in [2.05, 4.69) is 49.1 Å². The summed E-state index contributed by atoms with van der Waals surface area (Å²) in [4.78, 5) is 20.6. The minimum Gasteiger partial charge on any atom is -0.462 e. The summed E-state index contributed by atoms with van der Waals surface area (Å²) in [7, 11) is 0. The van der Waals surface area contributed by atoms with Crippen LogP contribution in [0.25, 0.3) is 0 Å². The van der Waals surface area contributed by atoms with Gasteiger partial charge in [-0.3, -0.25) is 0 Å². The molecular formula is C27H51N3O2. The molecule has 0 radical (unpaired) electrons. The van der Waals surface area contributed by atoms with Crippen molar-refractivity contribution in [3.05, 3.63) is 36.7 Å². The Balaban J connectivity index is 0. The maximum Gasteiger partial charge on any atom is 0.339 e. The standard InChI is InChI=1S/C16H21N3O2.C5H12.3C2H6/c1-3-18-8-13-10-19(11-14(13)9-18)15-6-5-12(7-17-15)16(20)21-4-2;1-5(2,3)4;3*1-2/h3,5-7,13-14H,1,4,8-11H2,2H3;1-4H3;3*1-2H3. The molecule has 1 aromatic heterocycles. The predicted octanol–water partition coefficient (Wildman–Crippen LogP) is 6.90. The lowest BCUT2D eigenvalue weighted by atomic mass is 10.0. The van der Waals surface area contributed by atoms with Crippen molar-refractivity contribution >= 4 is 11.8 Å². The predicted molar refractivity (Wildman–Crippen MR) is 140 cm³/mol.